The van der Waals surface area contributed by atoms with Crippen LogP contribution in [0.5, 0.6) is 11.5 Å². The van der Waals surface area contributed by atoms with Gasteiger partial charge in [-0.05, 0) is 31.2 Å². The van der Waals surface area contributed by atoms with Gasteiger partial charge >= 0.3 is 0 Å². The van der Waals surface area contributed by atoms with E-state index in [9.17, 15) is 9.90 Å². The number of ether oxygens (including phenoxy) is 2. The van der Waals surface area contributed by atoms with Crippen LogP contribution in [-0.2, 0) is 6.54 Å². The normalized spacial score (nSPS) is 12.0. The zero-order chi connectivity index (χ0) is 15.2. The lowest BCUT2D eigenvalue weighted by atomic mass is 10.1. The Morgan fingerprint density at radius 1 is 1.43 bits per heavy atom. The highest BCUT2D eigenvalue weighted by molar-refractivity contribution is 5.94. The van der Waals surface area contributed by atoms with E-state index < -0.39 is 6.10 Å². The molecule has 21 heavy (non-hydrogen) atoms. The highest BCUT2D eigenvalue weighted by Crippen LogP contribution is 2.28. The summed E-state index contributed by atoms with van der Waals surface area (Å²) in [6.07, 6.45) is 2.73. The molecule has 0 unspecified atom stereocenters. The molecule has 0 fully saturated rings. The van der Waals surface area contributed by atoms with Gasteiger partial charge in [-0.2, -0.15) is 5.10 Å². The van der Waals surface area contributed by atoms with E-state index in [0.29, 0.717) is 23.6 Å². The molecule has 2 aromatic rings. The van der Waals surface area contributed by atoms with E-state index in [0.717, 1.165) is 0 Å². The van der Waals surface area contributed by atoms with Gasteiger partial charge in [0.15, 0.2) is 17.3 Å². The number of aromatic nitrogens is 2. The van der Waals surface area contributed by atoms with Crippen molar-refractivity contribution < 1.29 is 19.4 Å². The maximum atomic E-state index is 11.3. The zero-order valence-electron chi connectivity index (χ0n) is 12.0. The molecule has 112 valence electrons. The summed E-state index contributed by atoms with van der Waals surface area (Å²) in [4.78, 5) is 11.3. The molecular formula is C15H18N2O4. The predicted octanol–water partition coefficient (Wildman–Crippen LogP) is 1.53. The molecule has 0 aliphatic carbocycles. The molecule has 1 atom stereocenters. The highest BCUT2D eigenvalue weighted by Gasteiger charge is 2.11. The average Bonchev–Trinajstić information content (AvgIpc) is 2.97. The molecule has 6 nitrogen and oxygen atoms in total. The van der Waals surface area contributed by atoms with Crippen LogP contribution in [0, 0.1) is 0 Å². The molecule has 1 N–H and O–H groups in total. The molecule has 1 aromatic heterocycles. The topological polar surface area (TPSA) is 73.6 Å². The molecule has 0 saturated carbocycles. The van der Waals surface area contributed by atoms with E-state index in [1.165, 1.54) is 14.0 Å². The Labute approximate surface area is 122 Å². The van der Waals surface area contributed by atoms with Crippen LogP contribution in [0.25, 0.3) is 0 Å². The number of rotatable bonds is 7. The summed E-state index contributed by atoms with van der Waals surface area (Å²) in [7, 11) is 1.51. The number of benzene rings is 1. The first kappa shape index (κ1) is 15.1. The van der Waals surface area contributed by atoms with Crippen molar-refractivity contribution in [1.29, 1.82) is 0 Å². The predicted molar refractivity (Wildman–Crippen MR) is 76.7 cm³/mol. The van der Waals surface area contributed by atoms with Crippen LogP contribution < -0.4 is 9.47 Å². The third kappa shape index (κ3) is 4.06. The number of carbonyl (C=O) groups is 1. The summed E-state index contributed by atoms with van der Waals surface area (Å²) in [5.74, 6) is 0.912. The molecule has 6 heteroatoms. The fourth-order valence-electron chi connectivity index (χ4n) is 1.87. The second-order valence-electron chi connectivity index (χ2n) is 4.61. The zero-order valence-corrected chi connectivity index (χ0v) is 12.0. The largest absolute Gasteiger partial charge is 0.493 e. The number of nitrogens with zero attached hydrogens (tertiary/aromatic N) is 2. The second kappa shape index (κ2) is 6.90. The van der Waals surface area contributed by atoms with Crippen molar-refractivity contribution in [3.8, 4) is 11.5 Å². The lowest BCUT2D eigenvalue weighted by Crippen LogP contribution is -2.24. The fourth-order valence-corrected chi connectivity index (χ4v) is 1.87. The van der Waals surface area contributed by atoms with Gasteiger partial charge < -0.3 is 14.6 Å². The summed E-state index contributed by atoms with van der Waals surface area (Å²) in [5.41, 5.74) is 0.552. The van der Waals surface area contributed by atoms with Crippen molar-refractivity contribution >= 4 is 5.78 Å². The molecule has 0 amide bonds. The van der Waals surface area contributed by atoms with Crippen molar-refractivity contribution in [3.63, 3.8) is 0 Å². The third-order valence-corrected chi connectivity index (χ3v) is 2.96. The minimum absolute atomic E-state index is 0.0430. The van der Waals surface area contributed by atoms with E-state index in [2.05, 4.69) is 5.10 Å². The Kier molecular flexibility index (Phi) is 4.94. The van der Waals surface area contributed by atoms with Gasteiger partial charge in [-0.3, -0.25) is 9.48 Å². The Hall–Kier alpha value is -2.34. The number of hydrogen-bond donors (Lipinski definition) is 1. The summed E-state index contributed by atoms with van der Waals surface area (Å²) in [5, 5.41) is 13.9. The number of hydrogen-bond acceptors (Lipinski definition) is 5. The molecule has 0 saturated heterocycles. The van der Waals surface area contributed by atoms with Gasteiger partial charge in [0, 0.05) is 18.0 Å². The van der Waals surface area contributed by atoms with E-state index in [4.69, 9.17) is 9.47 Å². The molecule has 0 radical (unpaired) electrons. The number of aliphatic hydroxyl groups excluding tert-OH is 1. The van der Waals surface area contributed by atoms with Gasteiger partial charge in [-0.25, -0.2) is 0 Å². The van der Waals surface area contributed by atoms with E-state index in [-0.39, 0.29) is 12.4 Å². The van der Waals surface area contributed by atoms with Crippen molar-refractivity contribution in [2.45, 2.75) is 19.6 Å². The monoisotopic (exact) mass is 290 g/mol. The van der Waals surface area contributed by atoms with Crippen LogP contribution >= 0.6 is 0 Å². The Bertz CT molecular complexity index is 596. The first-order chi connectivity index (χ1) is 10.1. The van der Waals surface area contributed by atoms with Crippen LogP contribution in [0.4, 0.5) is 0 Å². The summed E-state index contributed by atoms with van der Waals surface area (Å²) in [6.45, 7) is 1.94. The molecule has 1 aromatic carbocycles. The van der Waals surface area contributed by atoms with Gasteiger partial charge in [-0.1, -0.05) is 0 Å². The van der Waals surface area contributed by atoms with Gasteiger partial charge in [0.25, 0.3) is 0 Å². The van der Waals surface area contributed by atoms with Crippen molar-refractivity contribution in [2.75, 3.05) is 13.7 Å². The molecule has 1 heterocycles. The summed E-state index contributed by atoms with van der Waals surface area (Å²) in [6, 6.07) is 6.74. The van der Waals surface area contributed by atoms with E-state index in [1.807, 2.05) is 0 Å². The fraction of sp³-hybridized carbons (Fsp3) is 0.333. The second-order valence-corrected chi connectivity index (χ2v) is 4.61. The highest BCUT2D eigenvalue weighted by atomic mass is 16.5. The van der Waals surface area contributed by atoms with Gasteiger partial charge in [0.05, 0.1) is 13.7 Å². The maximum Gasteiger partial charge on any atom is 0.161 e. The number of ketones is 1. The van der Waals surface area contributed by atoms with Crippen molar-refractivity contribution in [3.05, 3.63) is 42.2 Å². The molecule has 0 spiro atoms. The Morgan fingerprint density at radius 2 is 2.24 bits per heavy atom. The Morgan fingerprint density at radius 3 is 2.86 bits per heavy atom. The summed E-state index contributed by atoms with van der Waals surface area (Å²) >= 11 is 0. The standard InChI is InChI=1S/C15H18N2O4/c1-11(18)12-4-5-14(15(8-12)20-2)21-10-13(19)9-17-7-3-6-16-17/h3-8,13,19H,9-10H2,1-2H3/t13-/m1/s1. The average molecular weight is 290 g/mol. The molecule has 0 aliphatic heterocycles. The number of carbonyl (C=O) groups excluding carboxylic acids is 1. The minimum Gasteiger partial charge on any atom is -0.493 e. The van der Waals surface area contributed by atoms with Gasteiger partial charge in [0.2, 0.25) is 0 Å². The van der Waals surface area contributed by atoms with Gasteiger partial charge in [-0.15, -0.1) is 0 Å². The maximum absolute atomic E-state index is 11.3. The smallest absolute Gasteiger partial charge is 0.161 e. The summed E-state index contributed by atoms with van der Waals surface area (Å²) < 4.78 is 12.4. The van der Waals surface area contributed by atoms with Crippen LogP contribution in [0.1, 0.15) is 17.3 Å². The quantitative estimate of drug-likeness (QED) is 0.783. The SMILES string of the molecule is COc1cc(C(C)=O)ccc1OC[C@H](O)Cn1cccn1. The third-order valence-electron chi connectivity index (χ3n) is 2.96. The number of aliphatic hydroxyl groups is 1. The lowest BCUT2D eigenvalue weighted by Gasteiger charge is -2.15. The van der Waals surface area contributed by atoms with E-state index >= 15 is 0 Å². The molecule has 2 rings (SSSR count). The molecule has 0 aliphatic rings. The lowest BCUT2D eigenvalue weighted by molar-refractivity contribution is 0.0878. The van der Waals surface area contributed by atoms with Crippen LogP contribution in [0.3, 0.4) is 0 Å². The van der Waals surface area contributed by atoms with Crippen LogP contribution in [-0.4, -0.2) is 40.5 Å². The van der Waals surface area contributed by atoms with Crippen LogP contribution in [0.15, 0.2) is 36.7 Å². The van der Waals surface area contributed by atoms with Crippen molar-refractivity contribution in [1.82, 2.24) is 9.78 Å². The molecule has 0 bridgehead atoms. The van der Waals surface area contributed by atoms with Crippen molar-refractivity contribution in [2.24, 2.45) is 0 Å². The number of Topliss-reactive ketones (excluding diaryl/α,β-unsaturated/α-hetero) is 1. The Balaban J connectivity index is 1.97. The van der Waals surface area contributed by atoms with Gasteiger partial charge in [0.1, 0.15) is 12.7 Å². The molecular weight excluding hydrogens is 272 g/mol. The first-order valence-electron chi connectivity index (χ1n) is 6.57. The first-order valence-corrected chi connectivity index (χ1v) is 6.57. The number of methoxy groups -OCH3 is 1. The van der Waals surface area contributed by atoms with Crippen LogP contribution in [0.2, 0.25) is 0 Å². The van der Waals surface area contributed by atoms with E-state index in [1.54, 1.807) is 41.3 Å². The minimum atomic E-state index is -0.693.